The Morgan fingerprint density at radius 3 is 1.39 bits per heavy atom. The number of nitrogens with one attached hydrogen (secondary N) is 2. The maximum Gasteiger partial charge on any atom is 0.155 e. The van der Waals surface area contributed by atoms with Gasteiger partial charge in [-0.25, -0.2) is 9.97 Å². The molecule has 1 aliphatic heterocycles. The fourth-order valence-corrected chi connectivity index (χ4v) is 4.85. The molecule has 0 unspecified atom stereocenters. The minimum atomic E-state index is -0.313. The van der Waals surface area contributed by atoms with Crippen LogP contribution in [-0.2, 0) is 16.2 Å². The van der Waals surface area contributed by atoms with Crippen LogP contribution in [0.5, 0.6) is 11.5 Å². The minimum absolute atomic E-state index is 0.0368. The summed E-state index contributed by atoms with van der Waals surface area (Å²) in [4.78, 5) is 9.04. The zero-order chi connectivity index (χ0) is 27.3. The third-order valence-corrected chi connectivity index (χ3v) is 7.32. The van der Waals surface area contributed by atoms with Crippen molar-refractivity contribution in [2.24, 2.45) is 0 Å². The second-order valence-electron chi connectivity index (χ2n) is 12.7. The molecule has 2 aromatic heterocycles. The van der Waals surface area contributed by atoms with Gasteiger partial charge in [0, 0.05) is 28.9 Å². The minimum Gasteiger partial charge on any atom is -0.452 e. The lowest BCUT2D eigenvalue weighted by atomic mass is 9.71. The quantitative estimate of drug-likeness (QED) is 0.289. The maximum absolute atomic E-state index is 6.87. The van der Waals surface area contributed by atoms with E-state index in [0.717, 1.165) is 45.6 Å². The molecule has 0 aliphatic carbocycles. The van der Waals surface area contributed by atoms with E-state index >= 15 is 0 Å². The predicted molar refractivity (Wildman–Crippen MR) is 158 cm³/mol. The van der Waals surface area contributed by atoms with E-state index in [1.54, 1.807) is 12.4 Å². The number of ether oxygens (including phenoxy) is 1. The Bertz CT molecular complexity index is 1350. The molecule has 2 N–H and O–H groups in total. The molecule has 1 aliphatic rings. The Kier molecular flexibility index (Phi) is 6.21. The summed E-state index contributed by atoms with van der Waals surface area (Å²) in [5, 5.41) is 7.10. The van der Waals surface area contributed by atoms with Crippen molar-refractivity contribution >= 4 is 23.0 Å². The van der Waals surface area contributed by atoms with Crippen LogP contribution in [0.1, 0.15) is 77.6 Å². The number of nitrogens with zero attached hydrogens (tertiary/aromatic N) is 2. The summed E-state index contributed by atoms with van der Waals surface area (Å²) in [6.45, 7) is 18.1. The highest BCUT2D eigenvalue weighted by Crippen LogP contribution is 2.55. The van der Waals surface area contributed by atoms with Crippen LogP contribution >= 0.6 is 0 Å². The number of anilines is 4. The van der Waals surface area contributed by atoms with Crippen LogP contribution in [0.25, 0.3) is 0 Å². The predicted octanol–water partition coefficient (Wildman–Crippen LogP) is 8.99. The molecule has 38 heavy (non-hydrogen) atoms. The molecule has 3 heterocycles. The van der Waals surface area contributed by atoms with Crippen LogP contribution in [0.3, 0.4) is 0 Å². The maximum atomic E-state index is 6.87. The third-order valence-electron chi connectivity index (χ3n) is 7.32. The van der Waals surface area contributed by atoms with Crippen molar-refractivity contribution in [3.8, 4) is 11.5 Å². The first-order chi connectivity index (χ1) is 17.8. The van der Waals surface area contributed by atoms with Crippen molar-refractivity contribution in [3.63, 3.8) is 0 Å². The average Bonchev–Trinajstić information content (AvgIpc) is 2.85. The van der Waals surface area contributed by atoms with Crippen molar-refractivity contribution in [2.75, 3.05) is 10.6 Å². The molecule has 0 saturated carbocycles. The highest BCUT2D eigenvalue weighted by molar-refractivity contribution is 5.78. The first kappa shape index (κ1) is 25.8. The number of aromatic nitrogens is 2. The van der Waals surface area contributed by atoms with E-state index < -0.39 is 0 Å². The molecule has 5 nitrogen and oxygen atoms in total. The van der Waals surface area contributed by atoms with Gasteiger partial charge in [0.25, 0.3) is 0 Å². The highest BCUT2D eigenvalue weighted by atomic mass is 16.5. The van der Waals surface area contributed by atoms with E-state index in [1.807, 2.05) is 36.4 Å². The van der Waals surface area contributed by atoms with Gasteiger partial charge in [-0.05, 0) is 58.4 Å². The lowest BCUT2D eigenvalue weighted by molar-refractivity contribution is 0.418. The zero-order valence-electron chi connectivity index (χ0n) is 23.7. The van der Waals surface area contributed by atoms with E-state index in [9.17, 15) is 0 Å². The number of fused-ring (bicyclic) bond motifs is 2. The summed E-state index contributed by atoms with van der Waals surface area (Å²) in [5.41, 5.74) is 6.24. The second-order valence-corrected chi connectivity index (χ2v) is 12.7. The van der Waals surface area contributed by atoms with Gasteiger partial charge in [-0.3, -0.25) is 0 Å². The Hall–Kier alpha value is -3.86. The molecule has 196 valence electrons. The molecule has 0 spiro atoms. The van der Waals surface area contributed by atoms with Crippen LogP contribution in [0.15, 0.2) is 73.1 Å². The first-order valence-electron chi connectivity index (χ1n) is 13.3. The molecular weight excluding hydrogens is 468 g/mol. The van der Waals surface area contributed by atoms with Crippen LogP contribution in [-0.4, -0.2) is 9.97 Å². The van der Waals surface area contributed by atoms with Crippen molar-refractivity contribution in [1.29, 1.82) is 0 Å². The lowest BCUT2D eigenvalue weighted by Gasteiger charge is -2.39. The molecular formula is C33H38N4O. The Balaban J connectivity index is 1.74. The average molecular weight is 507 g/mol. The summed E-state index contributed by atoms with van der Waals surface area (Å²) in [5.74, 6) is 3.22. The standard InChI is InChI=1S/C33H38N4O/c1-31(2,3)21-17-23-29(25(19-21)36-27-13-9-11-15-34-27)38-30-24(33(23,7)8)18-22(32(4,5)6)20-26(30)37-28-14-10-12-16-35-28/h9-20H,1-8H3,(H,34,36)(H,35,37). The molecule has 4 aromatic rings. The fraction of sp³-hybridized carbons (Fsp3) is 0.333. The lowest BCUT2D eigenvalue weighted by Crippen LogP contribution is -2.28. The van der Waals surface area contributed by atoms with Crippen LogP contribution in [0.4, 0.5) is 23.0 Å². The van der Waals surface area contributed by atoms with E-state index in [2.05, 4.69) is 100 Å². The van der Waals surface area contributed by atoms with E-state index in [0.29, 0.717) is 0 Å². The van der Waals surface area contributed by atoms with E-state index in [1.165, 1.54) is 11.1 Å². The summed E-state index contributed by atoms with van der Waals surface area (Å²) in [6, 6.07) is 20.8. The van der Waals surface area contributed by atoms with Gasteiger partial charge in [-0.2, -0.15) is 0 Å². The molecule has 5 rings (SSSR count). The molecule has 0 bridgehead atoms. The monoisotopic (exact) mass is 506 g/mol. The van der Waals surface area contributed by atoms with Crippen molar-refractivity contribution in [2.45, 2.75) is 71.6 Å². The van der Waals surface area contributed by atoms with Gasteiger partial charge in [-0.15, -0.1) is 0 Å². The van der Waals surface area contributed by atoms with Gasteiger partial charge in [0.2, 0.25) is 0 Å². The van der Waals surface area contributed by atoms with Crippen molar-refractivity contribution in [1.82, 2.24) is 9.97 Å². The SMILES string of the molecule is CC(C)(C)c1cc(Nc2ccccn2)c2c(c1)C(C)(C)c1cc(C(C)(C)C)cc(Nc3ccccn3)c1O2. The number of benzene rings is 2. The van der Waals surface area contributed by atoms with Gasteiger partial charge >= 0.3 is 0 Å². The Labute approximate surface area is 226 Å². The van der Waals surface area contributed by atoms with Gasteiger partial charge in [0.05, 0.1) is 11.4 Å². The number of hydrogen-bond donors (Lipinski definition) is 2. The summed E-state index contributed by atoms with van der Waals surface area (Å²) in [6.07, 6.45) is 3.59. The topological polar surface area (TPSA) is 59.1 Å². The van der Waals surface area contributed by atoms with Crippen molar-refractivity contribution < 1.29 is 4.74 Å². The Morgan fingerprint density at radius 2 is 1.05 bits per heavy atom. The summed E-state index contributed by atoms with van der Waals surface area (Å²) >= 11 is 0. The van der Waals surface area contributed by atoms with E-state index in [-0.39, 0.29) is 16.2 Å². The van der Waals surface area contributed by atoms with Crippen LogP contribution < -0.4 is 15.4 Å². The van der Waals surface area contributed by atoms with Crippen LogP contribution in [0.2, 0.25) is 0 Å². The molecule has 2 aromatic carbocycles. The smallest absolute Gasteiger partial charge is 0.155 e. The fourth-order valence-electron chi connectivity index (χ4n) is 4.85. The highest BCUT2D eigenvalue weighted by Gasteiger charge is 2.39. The molecule has 0 fully saturated rings. The Morgan fingerprint density at radius 1 is 0.632 bits per heavy atom. The number of pyridine rings is 2. The van der Waals surface area contributed by atoms with Gasteiger partial charge < -0.3 is 15.4 Å². The largest absolute Gasteiger partial charge is 0.452 e. The third kappa shape index (κ3) is 4.85. The summed E-state index contributed by atoms with van der Waals surface area (Å²) in [7, 11) is 0. The molecule has 0 saturated heterocycles. The van der Waals surface area contributed by atoms with Crippen molar-refractivity contribution in [3.05, 3.63) is 95.3 Å². The van der Waals surface area contributed by atoms with Gasteiger partial charge in [0.1, 0.15) is 11.6 Å². The van der Waals surface area contributed by atoms with E-state index in [4.69, 9.17) is 4.74 Å². The first-order valence-corrected chi connectivity index (χ1v) is 13.3. The number of hydrogen-bond acceptors (Lipinski definition) is 5. The zero-order valence-corrected chi connectivity index (χ0v) is 23.7. The van der Waals surface area contributed by atoms with Crippen LogP contribution in [0, 0.1) is 0 Å². The second kappa shape index (κ2) is 9.16. The molecule has 0 amide bonds. The van der Waals surface area contributed by atoms with Gasteiger partial charge in [0.15, 0.2) is 11.5 Å². The number of rotatable bonds is 4. The van der Waals surface area contributed by atoms with Gasteiger partial charge in [-0.1, -0.05) is 79.7 Å². The molecule has 0 radical (unpaired) electrons. The summed E-state index contributed by atoms with van der Waals surface area (Å²) < 4.78 is 6.87. The molecule has 5 heteroatoms. The normalized spacial score (nSPS) is 14.2. The molecule has 0 atom stereocenters.